The number of amides is 1. The molecule has 0 bridgehead atoms. The van der Waals surface area contributed by atoms with Crippen molar-refractivity contribution in [1.82, 2.24) is 9.88 Å². The highest BCUT2D eigenvalue weighted by atomic mass is 35.5. The number of nitrogens with zero attached hydrogens (tertiary/aromatic N) is 1. The molecule has 1 N–H and O–H groups in total. The Morgan fingerprint density at radius 1 is 1.61 bits per heavy atom. The molecule has 1 amide bonds. The van der Waals surface area contributed by atoms with Gasteiger partial charge in [0.05, 0.1) is 11.6 Å². The van der Waals surface area contributed by atoms with Crippen LogP contribution < -0.4 is 0 Å². The van der Waals surface area contributed by atoms with Crippen LogP contribution >= 0.6 is 23.2 Å². The molecule has 2 heterocycles. The smallest absolute Gasteiger partial charge is 0.270 e. The molecule has 1 unspecified atom stereocenters. The van der Waals surface area contributed by atoms with Gasteiger partial charge in [-0.15, -0.1) is 0 Å². The largest absolute Gasteiger partial charge is 0.381 e. The summed E-state index contributed by atoms with van der Waals surface area (Å²) in [4.78, 5) is 16.9. The molecule has 0 radical (unpaired) electrons. The Morgan fingerprint density at radius 2 is 2.39 bits per heavy atom. The van der Waals surface area contributed by atoms with E-state index < -0.39 is 0 Å². The maximum absolute atomic E-state index is 12.3. The lowest BCUT2D eigenvalue weighted by Crippen LogP contribution is -2.35. The first-order chi connectivity index (χ1) is 8.61. The van der Waals surface area contributed by atoms with Gasteiger partial charge in [-0.2, -0.15) is 0 Å². The zero-order valence-electron chi connectivity index (χ0n) is 10.2. The molecule has 1 aliphatic rings. The number of ether oxygens (including phenoxy) is 1. The lowest BCUT2D eigenvalue weighted by Gasteiger charge is -2.23. The zero-order chi connectivity index (χ0) is 13.1. The monoisotopic (exact) mass is 290 g/mol. The van der Waals surface area contributed by atoms with E-state index in [9.17, 15) is 4.79 Å². The predicted octanol–water partition coefficient (Wildman–Crippen LogP) is 2.82. The Balaban J connectivity index is 2.04. The third-order valence-corrected chi connectivity index (χ3v) is 3.82. The second-order valence-electron chi connectivity index (χ2n) is 4.42. The van der Waals surface area contributed by atoms with Crippen molar-refractivity contribution < 1.29 is 9.53 Å². The number of halogens is 2. The minimum Gasteiger partial charge on any atom is -0.381 e. The fraction of sp³-hybridized carbons (Fsp3) is 0.583. The molecule has 2 rings (SSSR count). The van der Waals surface area contributed by atoms with Crippen LogP contribution in [0.2, 0.25) is 10.2 Å². The van der Waals surface area contributed by atoms with Crippen LogP contribution in [0.15, 0.2) is 6.07 Å². The van der Waals surface area contributed by atoms with Gasteiger partial charge in [-0.3, -0.25) is 4.79 Å². The molecule has 18 heavy (non-hydrogen) atoms. The predicted molar refractivity (Wildman–Crippen MR) is 71.3 cm³/mol. The summed E-state index contributed by atoms with van der Waals surface area (Å²) < 4.78 is 5.32. The number of hydrogen-bond acceptors (Lipinski definition) is 2. The fourth-order valence-electron chi connectivity index (χ4n) is 2.08. The molecular formula is C12H16Cl2N2O2. The summed E-state index contributed by atoms with van der Waals surface area (Å²) in [6.45, 7) is 4.85. The highest BCUT2D eigenvalue weighted by Crippen LogP contribution is 2.23. The lowest BCUT2D eigenvalue weighted by molar-refractivity contribution is 0.0725. The summed E-state index contributed by atoms with van der Waals surface area (Å²) in [6.07, 6.45) is 1.01. The first kappa shape index (κ1) is 13.7. The first-order valence-electron chi connectivity index (χ1n) is 6.02. The van der Waals surface area contributed by atoms with E-state index in [2.05, 4.69) is 4.98 Å². The van der Waals surface area contributed by atoms with Gasteiger partial charge in [0.2, 0.25) is 0 Å². The van der Waals surface area contributed by atoms with Crippen LogP contribution in [-0.4, -0.2) is 42.1 Å². The van der Waals surface area contributed by atoms with Crippen LogP contribution in [0, 0.1) is 5.92 Å². The number of aromatic amines is 1. The number of hydrogen-bond donors (Lipinski definition) is 1. The van der Waals surface area contributed by atoms with Gasteiger partial charge in [-0.05, 0) is 19.4 Å². The highest BCUT2D eigenvalue weighted by Gasteiger charge is 2.23. The number of nitrogens with one attached hydrogen (secondary N) is 1. The molecule has 1 aromatic rings. The quantitative estimate of drug-likeness (QED) is 0.927. The van der Waals surface area contributed by atoms with Crippen LogP contribution in [0.3, 0.4) is 0 Å². The second-order valence-corrected chi connectivity index (χ2v) is 5.20. The van der Waals surface area contributed by atoms with E-state index >= 15 is 0 Å². The zero-order valence-corrected chi connectivity index (χ0v) is 11.7. The highest BCUT2D eigenvalue weighted by molar-refractivity contribution is 6.41. The van der Waals surface area contributed by atoms with Crippen molar-refractivity contribution >= 4 is 29.1 Å². The van der Waals surface area contributed by atoms with Crippen LogP contribution in [0.25, 0.3) is 0 Å². The summed E-state index contributed by atoms with van der Waals surface area (Å²) in [5.74, 6) is 0.355. The molecule has 0 aromatic carbocycles. The van der Waals surface area contributed by atoms with E-state index in [0.717, 1.165) is 19.6 Å². The Morgan fingerprint density at radius 3 is 2.89 bits per heavy atom. The van der Waals surface area contributed by atoms with Gasteiger partial charge >= 0.3 is 0 Å². The maximum Gasteiger partial charge on any atom is 0.270 e. The standard InChI is InChI=1S/C12H16Cl2N2O2/c1-2-16(6-8-3-4-18-7-8)12(17)10-5-9(13)11(14)15-10/h5,8,15H,2-4,6-7H2,1H3. The molecule has 0 spiro atoms. The van der Waals surface area contributed by atoms with E-state index in [0.29, 0.717) is 34.9 Å². The van der Waals surface area contributed by atoms with Gasteiger partial charge in [-0.1, -0.05) is 23.2 Å². The number of aromatic nitrogens is 1. The minimum absolute atomic E-state index is 0.0711. The number of rotatable bonds is 4. The summed E-state index contributed by atoms with van der Waals surface area (Å²) in [5, 5.41) is 0.681. The molecule has 1 aliphatic heterocycles. The molecule has 1 atom stereocenters. The normalized spacial score (nSPS) is 19.2. The summed E-state index contributed by atoms with van der Waals surface area (Å²) in [7, 11) is 0. The topological polar surface area (TPSA) is 45.3 Å². The van der Waals surface area contributed by atoms with Crippen LogP contribution in [0.5, 0.6) is 0 Å². The summed E-state index contributed by atoms with van der Waals surface area (Å²) >= 11 is 11.7. The molecule has 6 heteroatoms. The average Bonchev–Trinajstić information content (AvgIpc) is 2.96. The first-order valence-corrected chi connectivity index (χ1v) is 6.78. The summed E-state index contributed by atoms with van der Waals surface area (Å²) in [5.41, 5.74) is 0.436. The van der Waals surface area contributed by atoms with Crippen molar-refractivity contribution in [3.63, 3.8) is 0 Å². The number of carbonyl (C=O) groups is 1. The van der Waals surface area contributed by atoms with E-state index in [-0.39, 0.29) is 5.91 Å². The van der Waals surface area contributed by atoms with Gasteiger partial charge in [0.1, 0.15) is 10.8 Å². The molecule has 1 aromatic heterocycles. The average molecular weight is 291 g/mol. The molecular weight excluding hydrogens is 275 g/mol. The molecule has 4 nitrogen and oxygen atoms in total. The van der Waals surface area contributed by atoms with Crippen LogP contribution in [0.1, 0.15) is 23.8 Å². The molecule has 1 fully saturated rings. The van der Waals surface area contributed by atoms with Crippen molar-refractivity contribution in [2.45, 2.75) is 13.3 Å². The van der Waals surface area contributed by atoms with Crippen LogP contribution in [-0.2, 0) is 4.74 Å². The van der Waals surface area contributed by atoms with Crippen molar-refractivity contribution in [2.75, 3.05) is 26.3 Å². The van der Waals surface area contributed by atoms with Crippen molar-refractivity contribution in [1.29, 1.82) is 0 Å². The molecule has 1 saturated heterocycles. The van der Waals surface area contributed by atoms with Gasteiger partial charge in [0.25, 0.3) is 5.91 Å². The second kappa shape index (κ2) is 5.95. The van der Waals surface area contributed by atoms with E-state index in [1.54, 1.807) is 11.0 Å². The third-order valence-electron chi connectivity index (χ3n) is 3.13. The fourth-order valence-corrected chi connectivity index (χ4v) is 2.40. The van der Waals surface area contributed by atoms with E-state index in [4.69, 9.17) is 27.9 Å². The molecule has 100 valence electrons. The molecule has 0 saturated carbocycles. The van der Waals surface area contributed by atoms with Crippen molar-refractivity contribution in [3.05, 3.63) is 21.9 Å². The van der Waals surface area contributed by atoms with Crippen molar-refractivity contribution in [2.24, 2.45) is 5.92 Å². The Kier molecular flexibility index (Phi) is 4.54. The number of H-pyrrole nitrogens is 1. The van der Waals surface area contributed by atoms with Crippen molar-refractivity contribution in [3.8, 4) is 0 Å². The van der Waals surface area contributed by atoms with Crippen LogP contribution in [0.4, 0.5) is 0 Å². The molecule has 0 aliphatic carbocycles. The SMILES string of the molecule is CCN(CC1CCOC1)C(=O)c1cc(Cl)c(Cl)[nH]1. The summed E-state index contributed by atoms with van der Waals surface area (Å²) in [6, 6.07) is 1.57. The minimum atomic E-state index is -0.0711. The van der Waals surface area contributed by atoms with Gasteiger partial charge in [-0.25, -0.2) is 0 Å². The Labute approximate surface area is 116 Å². The van der Waals surface area contributed by atoms with E-state index in [1.807, 2.05) is 6.92 Å². The Hall–Kier alpha value is -0.710. The lowest BCUT2D eigenvalue weighted by atomic mass is 10.1. The van der Waals surface area contributed by atoms with Gasteiger partial charge in [0, 0.05) is 25.6 Å². The van der Waals surface area contributed by atoms with E-state index in [1.165, 1.54) is 0 Å². The Bertz CT molecular complexity index is 408. The maximum atomic E-state index is 12.3. The van der Waals surface area contributed by atoms with Gasteiger partial charge in [0.15, 0.2) is 0 Å². The third kappa shape index (κ3) is 2.99. The van der Waals surface area contributed by atoms with Gasteiger partial charge < -0.3 is 14.6 Å². The number of carbonyl (C=O) groups excluding carboxylic acids is 1.